The first-order valence-corrected chi connectivity index (χ1v) is 7.04. The first-order valence-electron chi connectivity index (χ1n) is 7.04. The van der Waals surface area contributed by atoms with Crippen molar-refractivity contribution in [3.05, 3.63) is 18.0 Å². The largest absolute Gasteiger partial charge is 0.354 e. The van der Waals surface area contributed by atoms with E-state index in [1.807, 2.05) is 12.4 Å². The van der Waals surface area contributed by atoms with Crippen molar-refractivity contribution in [1.29, 1.82) is 0 Å². The normalized spacial score (nSPS) is 20.9. The Balaban J connectivity index is 1.73. The highest BCUT2D eigenvalue weighted by atomic mass is 15.1. The molecule has 0 aromatic carbocycles. The van der Waals surface area contributed by atoms with Crippen LogP contribution in [0.2, 0.25) is 0 Å². The highest BCUT2D eigenvalue weighted by molar-refractivity contribution is 5.24. The van der Waals surface area contributed by atoms with E-state index in [1.54, 1.807) is 0 Å². The summed E-state index contributed by atoms with van der Waals surface area (Å²) in [6.45, 7) is 4.32. The molecule has 4 nitrogen and oxygen atoms in total. The van der Waals surface area contributed by atoms with Crippen molar-refractivity contribution in [2.45, 2.75) is 45.1 Å². The van der Waals surface area contributed by atoms with Crippen molar-refractivity contribution in [2.24, 2.45) is 0 Å². The molecule has 0 saturated carbocycles. The van der Waals surface area contributed by atoms with Crippen LogP contribution in [0, 0.1) is 0 Å². The Labute approximate surface area is 110 Å². The zero-order valence-corrected chi connectivity index (χ0v) is 11.5. The minimum atomic E-state index is 0.723. The second-order valence-corrected chi connectivity index (χ2v) is 5.11. The van der Waals surface area contributed by atoms with E-state index in [4.69, 9.17) is 0 Å². The highest BCUT2D eigenvalue weighted by Crippen LogP contribution is 2.17. The van der Waals surface area contributed by atoms with E-state index >= 15 is 0 Å². The fourth-order valence-corrected chi connectivity index (χ4v) is 2.49. The van der Waals surface area contributed by atoms with Crippen LogP contribution >= 0.6 is 0 Å². The summed E-state index contributed by atoms with van der Waals surface area (Å²) in [5, 5.41) is 3.31. The van der Waals surface area contributed by atoms with Crippen LogP contribution in [0.1, 0.15) is 38.2 Å². The lowest BCUT2D eigenvalue weighted by atomic mass is 10.0. The van der Waals surface area contributed by atoms with Crippen molar-refractivity contribution < 1.29 is 0 Å². The average molecular weight is 248 g/mol. The van der Waals surface area contributed by atoms with Gasteiger partial charge < -0.3 is 10.2 Å². The molecule has 4 heteroatoms. The number of hydrogen-bond donors (Lipinski definition) is 1. The molecule has 0 radical (unpaired) electrons. The average Bonchev–Trinajstić information content (AvgIpc) is 2.42. The van der Waals surface area contributed by atoms with Gasteiger partial charge in [-0.2, -0.15) is 0 Å². The SMILES string of the molecule is CCc1cnc(NCC[C@@H]2CCCCN2C)nc1. The van der Waals surface area contributed by atoms with Gasteiger partial charge in [0.1, 0.15) is 0 Å². The number of hydrogen-bond acceptors (Lipinski definition) is 4. The van der Waals surface area contributed by atoms with Crippen LogP contribution in [0.15, 0.2) is 12.4 Å². The summed E-state index contributed by atoms with van der Waals surface area (Å²) in [6.07, 6.45) is 10.0. The predicted molar refractivity (Wildman–Crippen MR) is 74.8 cm³/mol. The third-order valence-electron chi connectivity index (χ3n) is 3.80. The first-order chi connectivity index (χ1) is 8.79. The Bertz CT molecular complexity index is 349. The van der Waals surface area contributed by atoms with Crippen LogP contribution < -0.4 is 5.32 Å². The molecule has 1 aliphatic heterocycles. The number of piperidine rings is 1. The molecule has 1 N–H and O–H groups in total. The molecule has 0 unspecified atom stereocenters. The van der Waals surface area contributed by atoms with Crippen LogP contribution in [0.4, 0.5) is 5.95 Å². The standard InChI is InChI=1S/C14H24N4/c1-3-12-10-16-14(17-11-12)15-8-7-13-6-4-5-9-18(13)2/h10-11,13H,3-9H2,1-2H3,(H,15,16,17)/t13-/m0/s1. The van der Waals surface area contributed by atoms with E-state index in [-0.39, 0.29) is 0 Å². The number of nitrogens with one attached hydrogen (secondary N) is 1. The predicted octanol–water partition coefficient (Wildman–Crippen LogP) is 2.33. The van der Waals surface area contributed by atoms with Gasteiger partial charge in [0.25, 0.3) is 0 Å². The summed E-state index contributed by atoms with van der Waals surface area (Å²) >= 11 is 0. The summed E-state index contributed by atoms with van der Waals surface area (Å²) in [7, 11) is 2.23. The lowest BCUT2D eigenvalue weighted by Crippen LogP contribution is -2.37. The van der Waals surface area contributed by atoms with E-state index in [2.05, 4.69) is 34.2 Å². The molecule has 1 aliphatic rings. The lowest BCUT2D eigenvalue weighted by molar-refractivity contribution is 0.179. The summed E-state index contributed by atoms with van der Waals surface area (Å²) in [6, 6.07) is 0.723. The molecule has 1 saturated heterocycles. The number of aryl methyl sites for hydroxylation is 1. The van der Waals surface area contributed by atoms with Gasteiger partial charge in [-0.15, -0.1) is 0 Å². The van der Waals surface area contributed by atoms with Crippen LogP contribution in [0.25, 0.3) is 0 Å². The van der Waals surface area contributed by atoms with Crippen molar-refractivity contribution in [3.8, 4) is 0 Å². The number of rotatable bonds is 5. The molecule has 0 spiro atoms. The van der Waals surface area contributed by atoms with Gasteiger partial charge in [0, 0.05) is 25.0 Å². The highest BCUT2D eigenvalue weighted by Gasteiger charge is 2.17. The van der Waals surface area contributed by atoms with Crippen molar-refractivity contribution >= 4 is 5.95 Å². The van der Waals surface area contributed by atoms with Gasteiger partial charge in [-0.3, -0.25) is 0 Å². The molecule has 2 rings (SSSR count). The molecule has 0 aliphatic carbocycles. The quantitative estimate of drug-likeness (QED) is 0.868. The van der Waals surface area contributed by atoms with Gasteiger partial charge in [-0.05, 0) is 44.8 Å². The molecular formula is C14H24N4. The molecule has 100 valence electrons. The van der Waals surface area contributed by atoms with Gasteiger partial charge in [0.2, 0.25) is 5.95 Å². The molecule has 1 atom stereocenters. The molecule has 0 bridgehead atoms. The Morgan fingerprint density at radius 1 is 1.33 bits per heavy atom. The number of aromatic nitrogens is 2. The molecule has 1 aromatic rings. The van der Waals surface area contributed by atoms with Gasteiger partial charge in [0.15, 0.2) is 0 Å². The number of anilines is 1. The van der Waals surface area contributed by atoms with Crippen molar-refractivity contribution in [3.63, 3.8) is 0 Å². The Morgan fingerprint density at radius 2 is 2.11 bits per heavy atom. The fourth-order valence-electron chi connectivity index (χ4n) is 2.49. The van der Waals surface area contributed by atoms with Crippen molar-refractivity contribution in [2.75, 3.05) is 25.5 Å². The second kappa shape index (κ2) is 6.69. The topological polar surface area (TPSA) is 41.1 Å². The molecule has 18 heavy (non-hydrogen) atoms. The van der Waals surface area contributed by atoms with Crippen LogP contribution in [-0.2, 0) is 6.42 Å². The maximum atomic E-state index is 4.32. The summed E-state index contributed by atoms with van der Waals surface area (Å²) < 4.78 is 0. The van der Waals surface area contributed by atoms with Crippen LogP contribution in [0.3, 0.4) is 0 Å². The summed E-state index contributed by atoms with van der Waals surface area (Å²) in [5.74, 6) is 0.755. The second-order valence-electron chi connectivity index (χ2n) is 5.11. The molecule has 0 amide bonds. The Hall–Kier alpha value is -1.16. The monoisotopic (exact) mass is 248 g/mol. The fraction of sp³-hybridized carbons (Fsp3) is 0.714. The summed E-state index contributed by atoms with van der Waals surface area (Å²) in [4.78, 5) is 11.1. The van der Waals surface area contributed by atoms with Gasteiger partial charge >= 0.3 is 0 Å². The van der Waals surface area contributed by atoms with E-state index in [9.17, 15) is 0 Å². The smallest absolute Gasteiger partial charge is 0.222 e. The van der Waals surface area contributed by atoms with Gasteiger partial charge in [-0.25, -0.2) is 9.97 Å². The zero-order chi connectivity index (χ0) is 12.8. The first kappa shape index (κ1) is 13.3. The van der Waals surface area contributed by atoms with Gasteiger partial charge in [-0.1, -0.05) is 13.3 Å². The number of likely N-dealkylation sites (tertiary alicyclic amines) is 1. The minimum Gasteiger partial charge on any atom is -0.354 e. The molecule has 1 aromatic heterocycles. The zero-order valence-electron chi connectivity index (χ0n) is 11.5. The van der Waals surface area contributed by atoms with Crippen LogP contribution in [0.5, 0.6) is 0 Å². The van der Waals surface area contributed by atoms with Gasteiger partial charge in [0.05, 0.1) is 0 Å². The lowest BCUT2D eigenvalue weighted by Gasteiger charge is -2.32. The van der Waals surface area contributed by atoms with E-state index in [1.165, 1.54) is 37.8 Å². The summed E-state index contributed by atoms with van der Waals surface area (Å²) in [5.41, 5.74) is 1.19. The Morgan fingerprint density at radius 3 is 2.78 bits per heavy atom. The molecular weight excluding hydrogens is 224 g/mol. The molecule has 1 fully saturated rings. The third-order valence-corrected chi connectivity index (χ3v) is 3.80. The minimum absolute atomic E-state index is 0.723. The molecule has 2 heterocycles. The third kappa shape index (κ3) is 3.67. The maximum absolute atomic E-state index is 4.32. The van der Waals surface area contributed by atoms with E-state index in [0.29, 0.717) is 0 Å². The van der Waals surface area contributed by atoms with Crippen molar-refractivity contribution in [1.82, 2.24) is 14.9 Å². The van der Waals surface area contributed by atoms with E-state index in [0.717, 1.165) is 25.0 Å². The number of nitrogens with zero attached hydrogens (tertiary/aromatic N) is 3. The van der Waals surface area contributed by atoms with Crippen LogP contribution in [-0.4, -0.2) is 41.0 Å². The Kier molecular flexibility index (Phi) is 4.93. The van der Waals surface area contributed by atoms with E-state index < -0.39 is 0 Å². The maximum Gasteiger partial charge on any atom is 0.222 e.